The van der Waals surface area contributed by atoms with Crippen molar-refractivity contribution >= 4 is 11.6 Å². The third-order valence-electron chi connectivity index (χ3n) is 6.32. The van der Waals surface area contributed by atoms with Crippen molar-refractivity contribution in [3.8, 4) is 11.5 Å². The van der Waals surface area contributed by atoms with Crippen LogP contribution < -0.4 is 24.6 Å². The van der Waals surface area contributed by atoms with Crippen LogP contribution in [-0.4, -0.2) is 45.4 Å². The number of benzene rings is 2. The number of amides is 1. The number of quaternary nitrogens is 1. The highest BCUT2D eigenvalue weighted by atomic mass is 19.1. The highest BCUT2D eigenvalue weighted by Gasteiger charge is 2.34. The molecule has 1 saturated carbocycles. The summed E-state index contributed by atoms with van der Waals surface area (Å²) in [7, 11) is 0. The lowest BCUT2D eigenvalue weighted by Crippen LogP contribution is -3.15. The Morgan fingerprint density at radius 3 is 2.67 bits per heavy atom. The number of carbonyl (C=O) groups is 1. The highest BCUT2D eigenvalue weighted by molar-refractivity contribution is 5.80. The van der Waals surface area contributed by atoms with Gasteiger partial charge in [0.1, 0.15) is 11.9 Å². The van der Waals surface area contributed by atoms with Crippen LogP contribution in [0.3, 0.4) is 0 Å². The van der Waals surface area contributed by atoms with Gasteiger partial charge in [-0.15, -0.1) is 0 Å². The van der Waals surface area contributed by atoms with Crippen LogP contribution in [0.25, 0.3) is 0 Å². The third kappa shape index (κ3) is 3.94. The summed E-state index contributed by atoms with van der Waals surface area (Å²) in [4.78, 5) is 15.8. The van der Waals surface area contributed by atoms with E-state index in [0.29, 0.717) is 12.2 Å². The van der Waals surface area contributed by atoms with Crippen molar-refractivity contribution in [1.29, 1.82) is 0 Å². The van der Waals surface area contributed by atoms with E-state index in [4.69, 9.17) is 9.47 Å². The number of nitrogens with zero attached hydrogens (tertiary/aromatic N) is 1. The topological polar surface area (TPSA) is 55.2 Å². The first-order valence-electron chi connectivity index (χ1n) is 10.7. The molecule has 2 aliphatic heterocycles. The quantitative estimate of drug-likeness (QED) is 0.756. The van der Waals surface area contributed by atoms with Crippen LogP contribution in [0.5, 0.6) is 11.5 Å². The molecule has 1 amide bonds. The maximum Gasteiger partial charge on any atom is 0.231 e. The van der Waals surface area contributed by atoms with Gasteiger partial charge in [-0.2, -0.15) is 0 Å². The summed E-state index contributed by atoms with van der Waals surface area (Å²) in [6.07, 6.45) is 1.99. The van der Waals surface area contributed by atoms with E-state index in [0.717, 1.165) is 56.1 Å². The number of fused-ring (bicyclic) bond motifs is 1. The third-order valence-corrected chi connectivity index (χ3v) is 6.32. The molecule has 158 valence electrons. The van der Waals surface area contributed by atoms with E-state index in [1.165, 1.54) is 11.0 Å². The van der Waals surface area contributed by atoms with Gasteiger partial charge in [-0.05, 0) is 43.2 Å². The number of hydrogen-bond acceptors (Lipinski definition) is 4. The Balaban J connectivity index is 1.31. The van der Waals surface area contributed by atoms with Gasteiger partial charge in [0.15, 0.2) is 11.5 Å². The SMILES string of the molecule is O=C(NC[C@@H](c1ccc2c(c1)OCO2)[NH+]1CCN(c2ccccc2F)CC1)C1CC1. The number of carbonyl (C=O) groups excluding carboxylic acids is 1. The first kappa shape index (κ1) is 19.2. The van der Waals surface area contributed by atoms with Crippen LogP contribution in [0.2, 0.25) is 0 Å². The molecule has 0 bridgehead atoms. The second-order valence-electron chi connectivity index (χ2n) is 8.28. The minimum absolute atomic E-state index is 0.116. The first-order valence-corrected chi connectivity index (χ1v) is 10.7. The zero-order valence-electron chi connectivity index (χ0n) is 16.9. The van der Waals surface area contributed by atoms with E-state index in [1.54, 1.807) is 6.07 Å². The summed E-state index contributed by atoms with van der Waals surface area (Å²) in [6, 6.07) is 13.1. The minimum Gasteiger partial charge on any atom is -0.454 e. The molecule has 1 atom stereocenters. The molecule has 1 saturated heterocycles. The molecule has 1 aliphatic carbocycles. The number of ether oxygens (including phenoxy) is 2. The number of para-hydroxylation sites is 1. The largest absolute Gasteiger partial charge is 0.454 e. The van der Waals surface area contributed by atoms with E-state index in [1.807, 2.05) is 24.3 Å². The Hall–Kier alpha value is -2.80. The fourth-order valence-corrected chi connectivity index (χ4v) is 4.41. The summed E-state index contributed by atoms with van der Waals surface area (Å²) < 4.78 is 25.2. The van der Waals surface area contributed by atoms with Crippen LogP contribution in [0, 0.1) is 11.7 Å². The van der Waals surface area contributed by atoms with Crippen molar-refractivity contribution < 1.29 is 23.6 Å². The average molecular weight is 412 g/mol. The van der Waals surface area contributed by atoms with Crippen LogP contribution in [0.4, 0.5) is 10.1 Å². The zero-order chi connectivity index (χ0) is 20.5. The molecule has 2 N–H and O–H groups in total. The number of rotatable bonds is 6. The number of piperazine rings is 1. The van der Waals surface area contributed by atoms with E-state index >= 15 is 0 Å². The number of halogens is 1. The monoisotopic (exact) mass is 412 g/mol. The molecule has 3 aliphatic rings. The molecular weight excluding hydrogens is 385 g/mol. The van der Waals surface area contributed by atoms with Gasteiger partial charge in [-0.25, -0.2) is 4.39 Å². The van der Waals surface area contributed by atoms with Gasteiger partial charge in [-0.1, -0.05) is 12.1 Å². The molecule has 0 radical (unpaired) electrons. The van der Waals surface area contributed by atoms with E-state index in [-0.39, 0.29) is 30.5 Å². The van der Waals surface area contributed by atoms with Gasteiger partial charge >= 0.3 is 0 Å². The van der Waals surface area contributed by atoms with Crippen molar-refractivity contribution in [1.82, 2.24) is 5.32 Å². The smallest absolute Gasteiger partial charge is 0.231 e. The van der Waals surface area contributed by atoms with Crippen molar-refractivity contribution in [3.63, 3.8) is 0 Å². The van der Waals surface area contributed by atoms with Crippen molar-refractivity contribution in [2.75, 3.05) is 44.4 Å². The lowest BCUT2D eigenvalue weighted by Gasteiger charge is -2.38. The molecule has 2 aromatic carbocycles. The molecule has 0 spiro atoms. The molecule has 2 heterocycles. The van der Waals surface area contributed by atoms with Gasteiger partial charge in [0.25, 0.3) is 0 Å². The number of nitrogens with one attached hydrogen (secondary N) is 2. The summed E-state index contributed by atoms with van der Waals surface area (Å²) >= 11 is 0. The Kier molecular flexibility index (Phi) is 5.21. The van der Waals surface area contributed by atoms with Gasteiger partial charge in [0.2, 0.25) is 12.7 Å². The van der Waals surface area contributed by atoms with Crippen LogP contribution in [-0.2, 0) is 4.79 Å². The van der Waals surface area contributed by atoms with Crippen LogP contribution in [0.15, 0.2) is 42.5 Å². The molecule has 6 nitrogen and oxygen atoms in total. The Bertz CT molecular complexity index is 926. The summed E-state index contributed by atoms with van der Waals surface area (Å²) in [5.41, 5.74) is 1.79. The predicted octanol–water partition coefficient (Wildman–Crippen LogP) is 1.53. The molecule has 0 aromatic heterocycles. The fraction of sp³-hybridized carbons (Fsp3) is 0.435. The molecule has 7 heteroatoms. The maximum absolute atomic E-state index is 14.2. The van der Waals surface area contributed by atoms with Gasteiger partial charge in [0, 0.05) is 11.5 Å². The standard InChI is InChI=1S/C23H26FN3O3/c24-18-3-1-2-4-19(18)26-9-11-27(12-10-26)20(14-25-23(28)16-5-6-16)17-7-8-21-22(13-17)30-15-29-21/h1-4,7-8,13,16,20H,5-6,9-12,14-15H2,(H,25,28)/p+1/t20-/m0/s1. The van der Waals surface area contributed by atoms with E-state index in [9.17, 15) is 9.18 Å². The highest BCUT2D eigenvalue weighted by Crippen LogP contribution is 2.34. The molecule has 0 unspecified atom stereocenters. The Labute approximate surface area is 175 Å². The lowest BCUT2D eigenvalue weighted by atomic mass is 10.0. The number of hydrogen-bond donors (Lipinski definition) is 2. The second kappa shape index (κ2) is 8.14. The van der Waals surface area contributed by atoms with E-state index in [2.05, 4.69) is 16.3 Å². The lowest BCUT2D eigenvalue weighted by molar-refractivity contribution is -0.931. The van der Waals surface area contributed by atoms with Gasteiger partial charge in [-0.3, -0.25) is 4.79 Å². The van der Waals surface area contributed by atoms with Gasteiger partial charge in [0.05, 0.1) is 38.4 Å². The summed E-state index contributed by atoms with van der Waals surface area (Å²) in [5.74, 6) is 1.69. The van der Waals surface area contributed by atoms with Crippen molar-refractivity contribution in [3.05, 3.63) is 53.8 Å². The average Bonchev–Trinajstić information content (AvgIpc) is 3.52. The van der Waals surface area contributed by atoms with Crippen LogP contribution >= 0.6 is 0 Å². The Morgan fingerprint density at radius 2 is 1.90 bits per heavy atom. The van der Waals surface area contributed by atoms with Gasteiger partial charge < -0.3 is 24.6 Å². The first-order chi connectivity index (χ1) is 14.7. The second-order valence-corrected chi connectivity index (χ2v) is 8.28. The molecule has 5 rings (SSSR count). The predicted molar refractivity (Wildman–Crippen MR) is 110 cm³/mol. The summed E-state index contributed by atoms with van der Waals surface area (Å²) in [6.45, 7) is 4.11. The molecule has 2 aromatic rings. The van der Waals surface area contributed by atoms with Crippen molar-refractivity contribution in [2.45, 2.75) is 18.9 Å². The van der Waals surface area contributed by atoms with Crippen molar-refractivity contribution in [2.24, 2.45) is 5.92 Å². The molecule has 30 heavy (non-hydrogen) atoms. The van der Waals surface area contributed by atoms with Crippen LogP contribution in [0.1, 0.15) is 24.4 Å². The normalized spacial score (nSPS) is 19.6. The summed E-state index contributed by atoms with van der Waals surface area (Å²) in [5, 5.41) is 3.15. The molecular formula is C23H27FN3O3+. The maximum atomic E-state index is 14.2. The minimum atomic E-state index is -0.176. The van der Waals surface area contributed by atoms with E-state index < -0.39 is 0 Å². The fourth-order valence-electron chi connectivity index (χ4n) is 4.41. The molecule has 2 fully saturated rings. The Morgan fingerprint density at radius 1 is 1.13 bits per heavy atom. The zero-order valence-corrected chi connectivity index (χ0v) is 16.9. The number of anilines is 1.